The molecule has 0 fully saturated rings. The molecular formula is C26H21ClN6O2. The molecule has 0 saturated heterocycles. The van der Waals surface area contributed by atoms with E-state index in [1.165, 1.54) is 6.20 Å². The molecule has 3 aromatic heterocycles. The highest BCUT2D eigenvalue weighted by Crippen LogP contribution is 2.32. The van der Waals surface area contributed by atoms with E-state index in [0.29, 0.717) is 22.5 Å². The molecule has 0 bridgehead atoms. The van der Waals surface area contributed by atoms with Gasteiger partial charge in [-0.25, -0.2) is 4.98 Å². The molecule has 0 atom stereocenters. The van der Waals surface area contributed by atoms with Crippen LogP contribution in [0.2, 0.25) is 5.02 Å². The maximum absolute atomic E-state index is 11.8. The summed E-state index contributed by atoms with van der Waals surface area (Å²) in [5, 5.41) is 6.57. The summed E-state index contributed by atoms with van der Waals surface area (Å²) >= 11 is 6.43. The summed E-state index contributed by atoms with van der Waals surface area (Å²) in [5.41, 5.74) is 4.64. The second-order valence-electron chi connectivity index (χ2n) is 7.76. The quantitative estimate of drug-likeness (QED) is 0.327. The minimum absolute atomic E-state index is 0.278. The van der Waals surface area contributed by atoms with E-state index < -0.39 is 0 Å². The van der Waals surface area contributed by atoms with Gasteiger partial charge in [-0.15, -0.1) is 0 Å². The van der Waals surface area contributed by atoms with Gasteiger partial charge in [0.2, 0.25) is 5.95 Å². The van der Waals surface area contributed by atoms with E-state index in [2.05, 4.69) is 20.6 Å². The van der Waals surface area contributed by atoms with Gasteiger partial charge in [-0.05, 0) is 42.5 Å². The Kier molecular flexibility index (Phi) is 6.03. The van der Waals surface area contributed by atoms with Crippen molar-refractivity contribution in [1.29, 1.82) is 0 Å². The highest BCUT2D eigenvalue weighted by atomic mass is 35.5. The number of halogens is 1. The molecule has 1 amide bonds. The number of amides is 1. The van der Waals surface area contributed by atoms with E-state index in [-0.39, 0.29) is 11.6 Å². The molecule has 5 aromatic rings. The lowest BCUT2D eigenvalue weighted by molar-refractivity contribution is 0.0958. The summed E-state index contributed by atoms with van der Waals surface area (Å²) in [6.07, 6.45) is 5.04. The van der Waals surface area contributed by atoms with Crippen molar-refractivity contribution in [1.82, 2.24) is 24.8 Å². The predicted molar refractivity (Wildman–Crippen MR) is 136 cm³/mol. The van der Waals surface area contributed by atoms with Gasteiger partial charge < -0.3 is 19.9 Å². The Morgan fingerprint density at radius 1 is 1.03 bits per heavy atom. The van der Waals surface area contributed by atoms with Gasteiger partial charge in [0, 0.05) is 66.7 Å². The SMILES string of the molecule is CNC(=O)c1cc(Oc2ccc3c(c2)nc(Nc2ccc(Cl)c(-c4cccnc4)c2)n3C)ccn1. The lowest BCUT2D eigenvalue weighted by atomic mass is 10.1. The minimum Gasteiger partial charge on any atom is -0.457 e. The topological polar surface area (TPSA) is 94.0 Å². The average Bonchev–Trinajstić information content (AvgIpc) is 3.19. The Hall–Kier alpha value is -4.43. The van der Waals surface area contributed by atoms with Crippen molar-refractivity contribution in [2.45, 2.75) is 0 Å². The Morgan fingerprint density at radius 2 is 1.89 bits per heavy atom. The van der Waals surface area contributed by atoms with Gasteiger partial charge in [-0.2, -0.15) is 0 Å². The van der Waals surface area contributed by atoms with E-state index >= 15 is 0 Å². The average molecular weight is 485 g/mol. The number of hydrogen-bond donors (Lipinski definition) is 2. The summed E-state index contributed by atoms with van der Waals surface area (Å²) in [7, 11) is 3.50. The lowest BCUT2D eigenvalue weighted by Crippen LogP contribution is -2.18. The molecule has 2 N–H and O–H groups in total. The van der Waals surface area contributed by atoms with Crippen LogP contribution in [0.4, 0.5) is 11.6 Å². The fourth-order valence-electron chi connectivity index (χ4n) is 3.69. The van der Waals surface area contributed by atoms with E-state index in [1.807, 2.05) is 60.1 Å². The maximum atomic E-state index is 11.8. The lowest BCUT2D eigenvalue weighted by Gasteiger charge is -2.10. The zero-order valence-corrected chi connectivity index (χ0v) is 19.7. The molecule has 9 heteroatoms. The number of anilines is 2. The zero-order valence-electron chi connectivity index (χ0n) is 19.0. The highest BCUT2D eigenvalue weighted by molar-refractivity contribution is 6.33. The molecule has 0 radical (unpaired) electrons. The van der Waals surface area contributed by atoms with Gasteiger partial charge in [0.15, 0.2) is 0 Å². The van der Waals surface area contributed by atoms with Gasteiger partial charge in [0.25, 0.3) is 5.91 Å². The van der Waals surface area contributed by atoms with Gasteiger partial charge in [-0.1, -0.05) is 17.7 Å². The number of carbonyl (C=O) groups excluding carboxylic acids is 1. The molecule has 2 aromatic carbocycles. The molecule has 8 nitrogen and oxygen atoms in total. The first-order chi connectivity index (χ1) is 17.0. The number of aromatic nitrogens is 4. The van der Waals surface area contributed by atoms with E-state index in [0.717, 1.165) is 27.8 Å². The molecule has 174 valence electrons. The minimum atomic E-state index is -0.278. The number of carbonyl (C=O) groups is 1. The summed E-state index contributed by atoms with van der Waals surface area (Å²) < 4.78 is 7.92. The molecule has 0 spiro atoms. The zero-order chi connectivity index (χ0) is 24.4. The number of ether oxygens (including phenoxy) is 1. The fourth-order valence-corrected chi connectivity index (χ4v) is 3.92. The molecule has 0 aliphatic heterocycles. The highest BCUT2D eigenvalue weighted by Gasteiger charge is 2.12. The van der Waals surface area contributed by atoms with Crippen molar-refractivity contribution in [2.24, 2.45) is 7.05 Å². The van der Waals surface area contributed by atoms with Crippen molar-refractivity contribution in [2.75, 3.05) is 12.4 Å². The normalized spacial score (nSPS) is 10.8. The number of nitrogens with one attached hydrogen (secondary N) is 2. The fraction of sp³-hybridized carbons (Fsp3) is 0.0769. The number of fused-ring (bicyclic) bond motifs is 1. The number of hydrogen-bond acceptors (Lipinski definition) is 6. The summed E-state index contributed by atoms with van der Waals surface area (Å²) in [6, 6.07) is 18.5. The Labute approximate surface area is 206 Å². The van der Waals surface area contributed by atoms with Crippen LogP contribution in [-0.4, -0.2) is 32.5 Å². The van der Waals surface area contributed by atoms with Gasteiger partial charge in [-0.3, -0.25) is 14.8 Å². The van der Waals surface area contributed by atoms with Crippen LogP contribution in [0.1, 0.15) is 10.5 Å². The Balaban J connectivity index is 1.41. The second-order valence-corrected chi connectivity index (χ2v) is 8.17. The van der Waals surface area contributed by atoms with Crippen LogP contribution < -0.4 is 15.4 Å². The van der Waals surface area contributed by atoms with E-state index in [1.54, 1.807) is 31.6 Å². The molecule has 0 saturated carbocycles. The van der Waals surface area contributed by atoms with Gasteiger partial charge >= 0.3 is 0 Å². The number of nitrogens with zero attached hydrogens (tertiary/aromatic N) is 4. The predicted octanol–water partition coefficient (Wildman–Crippen LogP) is 5.58. The number of imidazole rings is 1. The van der Waals surface area contributed by atoms with Crippen LogP contribution in [-0.2, 0) is 7.05 Å². The summed E-state index contributed by atoms with van der Waals surface area (Å²) in [4.78, 5) is 24.8. The van der Waals surface area contributed by atoms with Crippen LogP contribution in [0.15, 0.2) is 79.3 Å². The second kappa shape index (κ2) is 9.44. The van der Waals surface area contributed by atoms with Crippen molar-refractivity contribution in [3.8, 4) is 22.6 Å². The summed E-state index contributed by atoms with van der Waals surface area (Å²) in [6.45, 7) is 0. The van der Waals surface area contributed by atoms with Crippen molar-refractivity contribution < 1.29 is 9.53 Å². The van der Waals surface area contributed by atoms with Crippen LogP contribution in [0.3, 0.4) is 0 Å². The van der Waals surface area contributed by atoms with Crippen LogP contribution in [0.25, 0.3) is 22.2 Å². The number of aryl methyl sites for hydroxylation is 1. The first-order valence-corrected chi connectivity index (χ1v) is 11.2. The van der Waals surface area contributed by atoms with Crippen LogP contribution in [0.5, 0.6) is 11.5 Å². The van der Waals surface area contributed by atoms with Crippen molar-refractivity contribution >= 4 is 40.2 Å². The first kappa shape index (κ1) is 22.4. The Morgan fingerprint density at radius 3 is 2.69 bits per heavy atom. The number of pyridine rings is 2. The monoisotopic (exact) mass is 484 g/mol. The molecule has 5 rings (SSSR count). The summed E-state index contributed by atoms with van der Waals surface area (Å²) in [5.74, 6) is 1.50. The molecule has 0 unspecified atom stereocenters. The van der Waals surface area contributed by atoms with Gasteiger partial charge in [0.1, 0.15) is 17.2 Å². The number of rotatable bonds is 6. The molecule has 0 aliphatic rings. The van der Waals surface area contributed by atoms with E-state index in [9.17, 15) is 4.79 Å². The standard InChI is InChI=1S/C26H21ClN6O2/c1-28-25(34)23-14-19(9-11-30-23)35-18-6-8-24-22(13-18)32-26(33(24)2)31-17-5-7-21(27)20(12-17)16-4-3-10-29-15-16/h3-15H,1-2H3,(H,28,34)(H,31,32). The third kappa shape index (κ3) is 4.64. The van der Waals surface area contributed by atoms with Crippen LogP contribution >= 0.6 is 11.6 Å². The van der Waals surface area contributed by atoms with Crippen molar-refractivity contribution in [3.63, 3.8) is 0 Å². The third-order valence-electron chi connectivity index (χ3n) is 5.47. The Bertz CT molecular complexity index is 1530. The third-order valence-corrected chi connectivity index (χ3v) is 5.80. The number of benzene rings is 2. The largest absolute Gasteiger partial charge is 0.457 e. The van der Waals surface area contributed by atoms with Crippen molar-refractivity contribution in [3.05, 3.63) is 90.0 Å². The smallest absolute Gasteiger partial charge is 0.269 e. The van der Waals surface area contributed by atoms with Crippen LogP contribution in [0, 0.1) is 0 Å². The molecule has 0 aliphatic carbocycles. The molecular weight excluding hydrogens is 464 g/mol. The first-order valence-electron chi connectivity index (χ1n) is 10.8. The van der Waals surface area contributed by atoms with E-state index in [4.69, 9.17) is 21.3 Å². The molecule has 35 heavy (non-hydrogen) atoms. The molecule has 3 heterocycles. The van der Waals surface area contributed by atoms with Gasteiger partial charge in [0.05, 0.1) is 11.0 Å². The maximum Gasteiger partial charge on any atom is 0.269 e.